The molecule has 5 heavy (non-hydrogen) atoms. The largest absolute Gasteiger partial charge is 0.412 e. The molecule has 0 aliphatic carbocycles. The first-order valence-corrected chi connectivity index (χ1v) is 0. The monoisotopic (exact) mass is 187 g/mol. The summed E-state index contributed by atoms with van der Waals surface area (Å²) in [5.74, 6) is 0. The zero-order chi connectivity index (χ0) is 0. The van der Waals surface area contributed by atoms with Crippen molar-refractivity contribution >= 4 is 25.8 Å². The van der Waals surface area contributed by atoms with Crippen molar-refractivity contribution in [3.8, 4) is 0 Å². The van der Waals surface area contributed by atoms with E-state index in [0.717, 1.165) is 0 Å². The predicted molar refractivity (Wildman–Crippen MR) is 20.2 cm³/mol. The van der Waals surface area contributed by atoms with Gasteiger partial charge in [-0.3, -0.25) is 0 Å². The van der Waals surface area contributed by atoms with Crippen molar-refractivity contribution in [2.24, 2.45) is 0 Å². The van der Waals surface area contributed by atoms with Crippen molar-refractivity contribution in [3.05, 3.63) is 0 Å². The standard InChI is InChI=1S/In.4H2O/h;4*1H2. The van der Waals surface area contributed by atoms with Gasteiger partial charge in [0, 0.05) is 25.8 Å². The molecule has 0 heterocycles. The van der Waals surface area contributed by atoms with Crippen LogP contribution in [0, 0.1) is 0 Å². The Balaban J connectivity index is 0. The molecule has 0 aromatic heterocycles. The topological polar surface area (TPSA) is 126 Å². The second-order valence-electron chi connectivity index (χ2n) is 0. The van der Waals surface area contributed by atoms with Crippen molar-refractivity contribution < 1.29 is 21.9 Å². The maximum absolute atomic E-state index is 0. The van der Waals surface area contributed by atoms with Crippen LogP contribution in [-0.2, 0) is 0 Å². The predicted octanol–water partition coefficient (Wildman–Crippen LogP) is -3.68. The molecule has 3 radical (unpaired) electrons. The normalized spacial score (nSPS) is 0. The molecule has 0 aromatic carbocycles. The molecular formula is H8InO4. The van der Waals surface area contributed by atoms with Gasteiger partial charge in [0.2, 0.25) is 0 Å². The van der Waals surface area contributed by atoms with Crippen molar-refractivity contribution in [3.63, 3.8) is 0 Å². The van der Waals surface area contributed by atoms with Gasteiger partial charge in [-0.2, -0.15) is 0 Å². The molecule has 0 spiro atoms. The Hall–Kier alpha value is 0.710. The van der Waals surface area contributed by atoms with Gasteiger partial charge in [-0.05, 0) is 0 Å². The Morgan fingerprint density at radius 3 is 0.400 bits per heavy atom. The molecule has 4 nitrogen and oxygen atoms in total. The Bertz CT molecular complexity index is 3.61. The van der Waals surface area contributed by atoms with Gasteiger partial charge in [-0.25, -0.2) is 0 Å². The van der Waals surface area contributed by atoms with Crippen LogP contribution in [0.1, 0.15) is 0 Å². The molecular weight excluding hydrogens is 179 g/mol. The second-order valence-corrected chi connectivity index (χ2v) is 0. The molecule has 0 aliphatic rings. The maximum atomic E-state index is 0. The fourth-order valence-electron chi connectivity index (χ4n) is 0. The minimum atomic E-state index is 0. The molecule has 0 amide bonds. The van der Waals surface area contributed by atoms with Gasteiger partial charge < -0.3 is 21.9 Å². The third-order valence-corrected chi connectivity index (χ3v) is 0. The van der Waals surface area contributed by atoms with E-state index in [1.165, 1.54) is 0 Å². The molecule has 0 unspecified atom stereocenters. The Morgan fingerprint density at radius 2 is 0.400 bits per heavy atom. The summed E-state index contributed by atoms with van der Waals surface area (Å²) < 4.78 is 0. The van der Waals surface area contributed by atoms with E-state index < -0.39 is 0 Å². The number of hydrogen-bond donors (Lipinski definition) is 0. The summed E-state index contributed by atoms with van der Waals surface area (Å²) in [4.78, 5) is 0. The zero-order valence-electron chi connectivity index (χ0n) is 2.58. The van der Waals surface area contributed by atoms with E-state index in [4.69, 9.17) is 0 Å². The van der Waals surface area contributed by atoms with Crippen LogP contribution in [0.5, 0.6) is 0 Å². The average Bonchev–Trinajstić information content (AvgIpc) is 0. The van der Waals surface area contributed by atoms with Crippen molar-refractivity contribution in [2.45, 2.75) is 0 Å². The van der Waals surface area contributed by atoms with E-state index >= 15 is 0 Å². The minimum Gasteiger partial charge on any atom is -0.412 e. The third kappa shape index (κ3) is 68.6. The van der Waals surface area contributed by atoms with Gasteiger partial charge in [-0.1, -0.05) is 0 Å². The van der Waals surface area contributed by atoms with Gasteiger partial charge in [0.25, 0.3) is 0 Å². The molecule has 0 aromatic rings. The molecule has 0 saturated heterocycles. The first-order valence-electron chi connectivity index (χ1n) is 0. The van der Waals surface area contributed by atoms with Gasteiger partial charge in [-0.15, -0.1) is 0 Å². The minimum absolute atomic E-state index is 0. The fourth-order valence-corrected chi connectivity index (χ4v) is 0. The quantitative estimate of drug-likeness (QED) is 0.370. The van der Waals surface area contributed by atoms with Gasteiger partial charge >= 0.3 is 0 Å². The molecule has 0 saturated carbocycles. The average molecular weight is 187 g/mol. The molecule has 35 valence electrons. The molecule has 0 aliphatic heterocycles. The summed E-state index contributed by atoms with van der Waals surface area (Å²) in [6.07, 6.45) is 0. The summed E-state index contributed by atoms with van der Waals surface area (Å²) in [5, 5.41) is 0. The van der Waals surface area contributed by atoms with Crippen molar-refractivity contribution in [1.82, 2.24) is 0 Å². The summed E-state index contributed by atoms with van der Waals surface area (Å²) in [5.41, 5.74) is 0. The Kier molecular flexibility index (Phi) is 6460. The van der Waals surface area contributed by atoms with Crippen LogP contribution in [0.25, 0.3) is 0 Å². The number of rotatable bonds is 0. The molecule has 0 rings (SSSR count). The summed E-state index contributed by atoms with van der Waals surface area (Å²) >= 11 is 0. The van der Waals surface area contributed by atoms with Crippen molar-refractivity contribution in [2.75, 3.05) is 0 Å². The van der Waals surface area contributed by atoms with Crippen LogP contribution >= 0.6 is 0 Å². The van der Waals surface area contributed by atoms with E-state index in [1.54, 1.807) is 0 Å². The van der Waals surface area contributed by atoms with Crippen LogP contribution < -0.4 is 0 Å². The van der Waals surface area contributed by atoms with Crippen LogP contribution in [0.15, 0.2) is 0 Å². The zero-order valence-corrected chi connectivity index (χ0v) is 5.87. The van der Waals surface area contributed by atoms with E-state index in [0.29, 0.717) is 0 Å². The van der Waals surface area contributed by atoms with Crippen molar-refractivity contribution in [1.29, 1.82) is 0 Å². The maximum Gasteiger partial charge on any atom is 0 e. The van der Waals surface area contributed by atoms with Gasteiger partial charge in [0.05, 0.1) is 0 Å². The first-order chi connectivity index (χ1) is 0. The van der Waals surface area contributed by atoms with Crippen LogP contribution in [0.4, 0.5) is 0 Å². The SMILES string of the molecule is O.O.O.O.[In]. The Morgan fingerprint density at radius 1 is 0.400 bits per heavy atom. The van der Waals surface area contributed by atoms with Crippen LogP contribution in [-0.4, -0.2) is 47.7 Å². The molecule has 0 atom stereocenters. The van der Waals surface area contributed by atoms with Gasteiger partial charge in [0.1, 0.15) is 0 Å². The smallest absolute Gasteiger partial charge is 0 e. The summed E-state index contributed by atoms with van der Waals surface area (Å²) in [6, 6.07) is 0. The van der Waals surface area contributed by atoms with E-state index in [1.807, 2.05) is 0 Å². The van der Waals surface area contributed by atoms with Crippen LogP contribution in [0.3, 0.4) is 0 Å². The Labute approximate surface area is 48.2 Å². The molecule has 0 fully saturated rings. The van der Waals surface area contributed by atoms with Gasteiger partial charge in [0.15, 0.2) is 0 Å². The molecule has 5 heteroatoms. The van der Waals surface area contributed by atoms with E-state index in [-0.39, 0.29) is 47.7 Å². The summed E-state index contributed by atoms with van der Waals surface area (Å²) in [6.45, 7) is 0. The summed E-state index contributed by atoms with van der Waals surface area (Å²) in [7, 11) is 0. The molecule has 8 N–H and O–H groups in total. The number of hydrogen-bond acceptors (Lipinski definition) is 0. The van der Waals surface area contributed by atoms with E-state index in [2.05, 4.69) is 0 Å². The second kappa shape index (κ2) is 129. The van der Waals surface area contributed by atoms with Crippen LogP contribution in [0.2, 0.25) is 0 Å². The molecule has 0 bridgehead atoms. The van der Waals surface area contributed by atoms with E-state index in [9.17, 15) is 0 Å². The fraction of sp³-hybridized carbons (Fsp3) is 0. The third-order valence-electron chi connectivity index (χ3n) is 0. The first kappa shape index (κ1) is 251.